The molecule has 6 rings (SSSR count). The largest absolute Gasteiger partial charge is 0.480 e. The molecule has 0 radical (unpaired) electrons. The summed E-state index contributed by atoms with van der Waals surface area (Å²) in [5.74, 6) is 0.986. The van der Waals surface area contributed by atoms with E-state index in [0.29, 0.717) is 35.7 Å². The van der Waals surface area contributed by atoms with Crippen molar-refractivity contribution in [2.75, 3.05) is 34.9 Å². The Hall–Kier alpha value is -5.95. The van der Waals surface area contributed by atoms with Crippen LogP contribution >= 0.6 is 0 Å². The molecule has 0 saturated carbocycles. The topological polar surface area (TPSA) is 274 Å². The van der Waals surface area contributed by atoms with Crippen molar-refractivity contribution in [3.8, 4) is 23.0 Å². The highest BCUT2D eigenvalue weighted by atomic mass is 16.5. The van der Waals surface area contributed by atoms with E-state index in [1.807, 2.05) is 36.4 Å². The SMILES string of the molecule is CB(O)N[C@@H](CO)C(=O)Nc1ccc(Oc2ccc3c(c2)CC(=O)N3)cc1.CB(O)N[C@@H](CO)C(=O)O.Nc1ccc(Oc2ccc3c(c2)CC(=O)N3)cc1. The van der Waals surface area contributed by atoms with Gasteiger partial charge in [0.25, 0.3) is 0 Å². The molecule has 4 aromatic rings. The number of aliphatic hydroxyl groups excluding tert-OH is 2. The van der Waals surface area contributed by atoms with Crippen molar-refractivity contribution in [2.24, 2.45) is 0 Å². The number of nitrogens with one attached hydrogen (secondary N) is 5. The number of carboxylic acids is 1. The minimum Gasteiger partial charge on any atom is -0.480 e. The Bertz CT molecular complexity index is 1950. The van der Waals surface area contributed by atoms with E-state index >= 15 is 0 Å². The van der Waals surface area contributed by atoms with Crippen LogP contribution < -0.4 is 41.6 Å². The molecule has 3 amide bonds. The van der Waals surface area contributed by atoms with Gasteiger partial charge in [-0.2, -0.15) is 0 Å². The number of anilines is 4. The normalized spacial score (nSPS) is 13.2. The Labute approximate surface area is 317 Å². The lowest BCUT2D eigenvalue weighted by molar-refractivity contribution is -0.140. The van der Waals surface area contributed by atoms with Crippen molar-refractivity contribution in [1.82, 2.24) is 10.5 Å². The van der Waals surface area contributed by atoms with E-state index in [9.17, 15) is 29.3 Å². The highest BCUT2D eigenvalue weighted by Gasteiger charge is 2.22. The minimum absolute atomic E-state index is 0.0228. The fourth-order valence-corrected chi connectivity index (χ4v) is 5.18. The molecule has 55 heavy (non-hydrogen) atoms. The zero-order chi connectivity index (χ0) is 40.1. The lowest BCUT2D eigenvalue weighted by atomic mass is 9.87. The first kappa shape index (κ1) is 41.8. The summed E-state index contributed by atoms with van der Waals surface area (Å²) in [4.78, 5) is 44.9. The summed E-state index contributed by atoms with van der Waals surface area (Å²) < 4.78 is 11.5. The highest BCUT2D eigenvalue weighted by Crippen LogP contribution is 2.31. The van der Waals surface area contributed by atoms with Crippen molar-refractivity contribution in [3.63, 3.8) is 0 Å². The maximum atomic E-state index is 12.1. The van der Waals surface area contributed by atoms with Gasteiger partial charge in [-0.25, -0.2) is 0 Å². The maximum Gasteiger partial charge on any atom is 0.374 e. The van der Waals surface area contributed by atoms with Crippen LogP contribution in [0.2, 0.25) is 13.6 Å². The zero-order valence-corrected chi connectivity index (χ0v) is 30.0. The quantitative estimate of drug-likeness (QED) is 0.0685. The van der Waals surface area contributed by atoms with E-state index in [-0.39, 0.29) is 11.8 Å². The van der Waals surface area contributed by atoms with Crippen LogP contribution in [0, 0.1) is 0 Å². The number of carbonyl (C=O) groups excluding carboxylic acids is 3. The van der Waals surface area contributed by atoms with Crippen LogP contribution in [0.4, 0.5) is 22.7 Å². The van der Waals surface area contributed by atoms with Crippen LogP contribution in [0.25, 0.3) is 0 Å². The van der Waals surface area contributed by atoms with Crippen molar-refractivity contribution in [2.45, 2.75) is 38.6 Å². The number of nitrogens with two attached hydrogens (primary N) is 1. The van der Waals surface area contributed by atoms with Crippen LogP contribution in [0.3, 0.4) is 0 Å². The number of carboxylic acid groups (broad SMARTS) is 1. The van der Waals surface area contributed by atoms with Gasteiger partial charge in [-0.3, -0.25) is 19.2 Å². The number of amides is 3. The van der Waals surface area contributed by atoms with Gasteiger partial charge >= 0.3 is 20.1 Å². The number of rotatable bonds is 13. The predicted molar refractivity (Wildman–Crippen MR) is 207 cm³/mol. The van der Waals surface area contributed by atoms with Gasteiger partial charge in [0, 0.05) is 22.7 Å². The Balaban J connectivity index is 0.000000206. The zero-order valence-electron chi connectivity index (χ0n) is 30.0. The first-order valence-electron chi connectivity index (χ1n) is 17.0. The molecule has 2 aliphatic rings. The standard InChI is InChI=1S/C18H20BN3O5.C14H12N2O2.C4H10BNO4/c1-19(26)22-16(10-23)18(25)20-12-2-4-13(5-3-12)27-14-6-7-15-11(8-14)9-17(24)21-15;15-10-1-3-11(4-2-10)18-12-5-6-13-9(7-12)8-14(17)16-13;1-5(10)6-3(2-7)4(8)9/h2-8,16,22-23,26H,9-10H2,1H3,(H,20,25)(H,21,24);1-7H,8,15H2,(H,16,17);3,6-7,10H,2H2,1H3,(H,8,9)/t16-;;3-/m0.0/s1. The van der Waals surface area contributed by atoms with Crippen molar-refractivity contribution < 1.29 is 54.0 Å². The number of nitrogen functional groups attached to an aromatic ring is 1. The first-order valence-corrected chi connectivity index (χ1v) is 17.0. The van der Waals surface area contributed by atoms with Crippen LogP contribution in [-0.2, 0) is 32.0 Å². The molecule has 0 bridgehead atoms. The van der Waals surface area contributed by atoms with Gasteiger partial charge < -0.3 is 67.0 Å². The van der Waals surface area contributed by atoms with E-state index < -0.39 is 51.3 Å². The Kier molecular flexibility index (Phi) is 15.1. The summed E-state index contributed by atoms with van der Waals surface area (Å²) in [5, 5.41) is 56.8. The lowest BCUT2D eigenvalue weighted by Gasteiger charge is -2.16. The Morgan fingerprint density at radius 3 is 1.53 bits per heavy atom. The number of benzene rings is 4. The fourth-order valence-electron chi connectivity index (χ4n) is 5.18. The second-order valence-corrected chi connectivity index (χ2v) is 12.4. The number of fused-ring (bicyclic) bond motifs is 2. The van der Waals surface area contributed by atoms with Crippen LogP contribution in [0.5, 0.6) is 23.0 Å². The summed E-state index contributed by atoms with van der Waals surface area (Å²) >= 11 is 0. The molecule has 12 N–H and O–H groups in total. The van der Waals surface area contributed by atoms with Crippen LogP contribution in [-0.4, -0.2) is 88.5 Å². The second-order valence-electron chi connectivity index (χ2n) is 12.4. The molecule has 2 heterocycles. The van der Waals surface area contributed by atoms with Gasteiger partial charge in [-0.1, -0.05) is 0 Å². The Morgan fingerprint density at radius 2 is 1.13 bits per heavy atom. The van der Waals surface area contributed by atoms with E-state index in [0.717, 1.165) is 34.0 Å². The number of hydrogen-bond acceptors (Lipinski definition) is 13. The molecule has 0 spiro atoms. The number of ether oxygens (including phenoxy) is 2. The summed E-state index contributed by atoms with van der Waals surface area (Å²) in [6.07, 6.45) is 0.748. The van der Waals surface area contributed by atoms with Crippen molar-refractivity contribution in [3.05, 3.63) is 96.1 Å². The molecule has 0 unspecified atom stereocenters. The van der Waals surface area contributed by atoms with Gasteiger partial charge in [0.15, 0.2) is 0 Å². The maximum absolute atomic E-state index is 12.1. The molecule has 0 aromatic heterocycles. The molecule has 0 aliphatic carbocycles. The highest BCUT2D eigenvalue weighted by molar-refractivity contribution is 6.46. The third-order valence-corrected chi connectivity index (χ3v) is 7.74. The predicted octanol–water partition coefficient (Wildman–Crippen LogP) is 1.66. The van der Waals surface area contributed by atoms with Crippen molar-refractivity contribution >= 4 is 60.5 Å². The molecule has 0 saturated heterocycles. The Morgan fingerprint density at radius 1 is 0.709 bits per heavy atom. The van der Waals surface area contributed by atoms with Crippen molar-refractivity contribution in [1.29, 1.82) is 0 Å². The third-order valence-electron chi connectivity index (χ3n) is 7.74. The molecule has 2 atom stereocenters. The van der Waals surface area contributed by atoms with Gasteiger partial charge in [0.2, 0.25) is 17.7 Å². The molecular formula is C36H42B2N6O11. The fraction of sp³-hybridized carbons (Fsp3) is 0.222. The molecule has 288 valence electrons. The number of hydrogen-bond donors (Lipinski definition) is 11. The second kappa shape index (κ2) is 19.9. The van der Waals surface area contributed by atoms with Gasteiger partial charge in [0.05, 0.1) is 26.1 Å². The molecule has 19 heteroatoms. The van der Waals surface area contributed by atoms with E-state index in [1.54, 1.807) is 48.5 Å². The molecule has 2 aliphatic heterocycles. The summed E-state index contributed by atoms with van der Waals surface area (Å²) in [5.41, 5.74) is 10.4. The smallest absolute Gasteiger partial charge is 0.374 e. The average molecular weight is 756 g/mol. The first-order chi connectivity index (χ1) is 26.2. The van der Waals surface area contributed by atoms with Crippen LogP contribution in [0.1, 0.15) is 11.1 Å². The number of carbonyl (C=O) groups is 4. The number of aliphatic hydroxyl groups is 2. The van der Waals surface area contributed by atoms with Crippen LogP contribution in [0.15, 0.2) is 84.9 Å². The molecule has 0 fully saturated rings. The van der Waals surface area contributed by atoms with E-state index in [2.05, 4.69) is 26.4 Å². The van der Waals surface area contributed by atoms with Gasteiger partial charge in [0.1, 0.15) is 35.1 Å². The molecule has 17 nitrogen and oxygen atoms in total. The summed E-state index contributed by atoms with van der Waals surface area (Å²) in [6.45, 7) is 1.88. The molecular weight excluding hydrogens is 714 g/mol. The molecule has 4 aromatic carbocycles. The monoisotopic (exact) mass is 756 g/mol. The van der Waals surface area contributed by atoms with Gasteiger partial charge in [-0.05, 0) is 110 Å². The lowest BCUT2D eigenvalue weighted by Crippen LogP contribution is -2.49. The third kappa shape index (κ3) is 13.1. The summed E-state index contributed by atoms with van der Waals surface area (Å²) in [6, 6.07) is 22.9. The van der Waals surface area contributed by atoms with E-state index in [1.165, 1.54) is 13.6 Å². The summed E-state index contributed by atoms with van der Waals surface area (Å²) in [7, 11) is -1.84. The minimum atomic E-state index is -1.18. The van der Waals surface area contributed by atoms with E-state index in [4.69, 9.17) is 30.4 Å². The average Bonchev–Trinajstić information content (AvgIpc) is 3.71. The van der Waals surface area contributed by atoms with Gasteiger partial charge in [-0.15, -0.1) is 0 Å². The number of aliphatic carboxylic acids is 1.